The molecule has 0 unspecified atom stereocenters. The number of thiocarbonyl (C=S) groups is 1. The summed E-state index contributed by atoms with van der Waals surface area (Å²) in [5, 5.41) is 5.96. The van der Waals surface area contributed by atoms with Crippen LogP contribution in [0.25, 0.3) is 0 Å². The fourth-order valence-corrected chi connectivity index (χ4v) is 2.45. The van der Waals surface area contributed by atoms with Crippen LogP contribution in [0.5, 0.6) is 5.75 Å². The molecule has 0 aliphatic rings. The Morgan fingerprint density at radius 2 is 1.88 bits per heavy atom. The lowest BCUT2D eigenvalue weighted by atomic mass is 10.2. The van der Waals surface area contributed by atoms with Crippen molar-refractivity contribution in [3.05, 3.63) is 54.1 Å². The number of hydrogen-bond acceptors (Lipinski definition) is 4. The summed E-state index contributed by atoms with van der Waals surface area (Å²) in [5.41, 5.74) is 2.41. The number of nitrogens with one attached hydrogen (secondary N) is 2. The zero-order valence-electron chi connectivity index (χ0n) is 15.4. The van der Waals surface area contributed by atoms with Crippen LogP contribution in [0.1, 0.15) is 30.1 Å². The van der Waals surface area contributed by atoms with E-state index in [4.69, 9.17) is 17.0 Å². The van der Waals surface area contributed by atoms with Crippen molar-refractivity contribution in [1.29, 1.82) is 0 Å². The van der Waals surface area contributed by atoms with E-state index in [9.17, 15) is 4.79 Å². The molecular formula is C20H25N3O2S. The summed E-state index contributed by atoms with van der Waals surface area (Å²) in [6.45, 7) is 2.75. The number of rotatable bonds is 7. The first-order chi connectivity index (χ1) is 12.5. The third kappa shape index (κ3) is 6.04. The molecule has 0 spiro atoms. The molecule has 0 fully saturated rings. The van der Waals surface area contributed by atoms with Gasteiger partial charge in [0.15, 0.2) is 5.11 Å². The summed E-state index contributed by atoms with van der Waals surface area (Å²) in [6.07, 6.45) is 2.05. The van der Waals surface area contributed by atoms with Gasteiger partial charge in [-0.3, -0.25) is 10.1 Å². The fraction of sp³-hybridized carbons (Fsp3) is 0.300. The van der Waals surface area contributed by atoms with Crippen LogP contribution in [0.2, 0.25) is 0 Å². The summed E-state index contributed by atoms with van der Waals surface area (Å²) < 4.78 is 5.64. The largest absolute Gasteiger partial charge is 0.494 e. The number of amides is 1. The predicted molar refractivity (Wildman–Crippen MR) is 111 cm³/mol. The minimum Gasteiger partial charge on any atom is -0.494 e. The molecule has 2 aromatic rings. The molecule has 5 nitrogen and oxygen atoms in total. The number of unbranched alkanes of at least 4 members (excludes halogenated alkanes) is 1. The second-order valence-corrected chi connectivity index (χ2v) is 6.49. The van der Waals surface area contributed by atoms with Crippen LogP contribution < -0.4 is 20.3 Å². The van der Waals surface area contributed by atoms with Crippen LogP contribution in [-0.2, 0) is 0 Å². The predicted octanol–water partition coefficient (Wildman–Crippen LogP) is 4.06. The molecule has 0 aliphatic heterocycles. The second kappa shape index (κ2) is 9.77. The Hall–Kier alpha value is -2.60. The molecule has 0 heterocycles. The van der Waals surface area contributed by atoms with Crippen molar-refractivity contribution in [2.75, 3.05) is 30.9 Å². The molecule has 6 heteroatoms. The van der Waals surface area contributed by atoms with Gasteiger partial charge in [-0.15, -0.1) is 0 Å². The van der Waals surface area contributed by atoms with Gasteiger partial charge in [-0.1, -0.05) is 19.4 Å². The average molecular weight is 372 g/mol. The molecule has 0 aromatic heterocycles. The number of carbonyl (C=O) groups excluding carboxylic acids is 1. The van der Waals surface area contributed by atoms with Gasteiger partial charge in [-0.2, -0.15) is 0 Å². The van der Waals surface area contributed by atoms with Gasteiger partial charge in [-0.05, 0) is 61.1 Å². The molecule has 26 heavy (non-hydrogen) atoms. The molecule has 2 aromatic carbocycles. The summed E-state index contributed by atoms with van der Waals surface area (Å²) in [7, 11) is 3.96. The van der Waals surface area contributed by atoms with Gasteiger partial charge in [0.25, 0.3) is 5.91 Å². The number of carbonyl (C=O) groups is 1. The van der Waals surface area contributed by atoms with E-state index in [0.29, 0.717) is 17.9 Å². The number of hydrogen-bond donors (Lipinski definition) is 2. The van der Waals surface area contributed by atoms with Gasteiger partial charge in [0.2, 0.25) is 0 Å². The van der Waals surface area contributed by atoms with E-state index in [2.05, 4.69) is 17.6 Å². The van der Waals surface area contributed by atoms with Gasteiger partial charge < -0.3 is 15.0 Å². The Morgan fingerprint density at radius 3 is 2.54 bits per heavy atom. The van der Waals surface area contributed by atoms with Crippen LogP contribution in [0.4, 0.5) is 11.4 Å². The van der Waals surface area contributed by atoms with Gasteiger partial charge in [0.1, 0.15) is 5.75 Å². The Bertz CT molecular complexity index is 745. The Labute approximate surface area is 160 Å². The number of nitrogens with zero attached hydrogens (tertiary/aromatic N) is 1. The molecule has 1 amide bonds. The highest BCUT2D eigenvalue weighted by Gasteiger charge is 2.09. The minimum atomic E-state index is -0.270. The van der Waals surface area contributed by atoms with Crippen molar-refractivity contribution >= 4 is 34.6 Å². The second-order valence-electron chi connectivity index (χ2n) is 6.08. The van der Waals surface area contributed by atoms with Gasteiger partial charge in [0, 0.05) is 31.0 Å². The van der Waals surface area contributed by atoms with E-state index >= 15 is 0 Å². The number of ether oxygens (including phenoxy) is 1. The van der Waals surface area contributed by atoms with Crippen molar-refractivity contribution in [3.8, 4) is 5.75 Å². The molecule has 2 rings (SSSR count). The van der Waals surface area contributed by atoms with E-state index < -0.39 is 0 Å². The first-order valence-electron chi connectivity index (χ1n) is 8.62. The van der Waals surface area contributed by atoms with Crippen molar-refractivity contribution in [2.24, 2.45) is 0 Å². The lowest BCUT2D eigenvalue weighted by molar-refractivity contribution is 0.0977. The summed E-state index contributed by atoms with van der Waals surface area (Å²) in [4.78, 5) is 14.4. The lowest BCUT2D eigenvalue weighted by Gasteiger charge is -2.14. The maximum Gasteiger partial charge on any atom is 0.257 e. The molecular weight excluding hydrogens is 346 g/mol. The first kappa shape index (κ1) is 19.7. The third-order valence-electron chi connectivity index (χ3n) is 3.73. The molecule has 0 radical (unpaired) electrons. The summed E-state index contributed by atoms with van der Waals surface area (Å²) >= 11 is 5.23. The van der Waals surface area contributed by atoms with E-state index in [1.807, 2.05) is 49.3 Å². The van der Waals surface area contributed by atoms with Crippen molar-refractivity contribution < 1.29 is 9.53 Å². The van der Waals surface area contributed by atoms with E-state index in [-0.39, 0.29) is 11.0 Å². The zero-order valence-corrected chi connectivity index (χ0v) is 16.2. The quantitative estimate of drug-likeness (QED) is 0.568. The highest BCUT2D eigenvalue weighted by molar-refractivity contribution is 7.80. The smallest absolute Gasteiger partial charge is 0.257 e. The van der Waals surface area contributed by atoms with Crippen LogP contribution in [0.15, 0.2) is 48.5 Å². The van der Waals surface area contributed by atoms with E-state index in [1.54, 1.807) is 18.2 Å². The monoisotopic (exact) mass is 371 g/mol. The van der Waals surface area contributed by atoms with Crippen molar-refractivity contribution in [1.82, 2.24) is 5.32 Å². The van der Waals surface area contributed by atoms with Gasteiger partial charge in [-0.25, -0.2) is 0 Å². The highest BCUT2D eigenvalue weighted by atomic mass is 32.1. The van der Waals surface area contributed by atoms with E-state index in [0.717, 1.165) is 24.2 Å². The Balaban J connectivity index is 1.92. The summed E-state index contributed by atoms with van der Waals surface area (Å²) in [6, 6.07) is 14.9. The first-order valence-corrected chi connectivity index (χ1v) is 9.03. The molecule has 0 atom stereocenters. The van der Waals surface area contributed by atoms with Crippen molar-refractivity contribution in [2.45, 2.75) is 19.8 Å². The maximum atomic E-state index is 12.4. The Kier molecular flexibility index (Phi) is 7.41. The summed E-state index contributed by atoms with van der Waals surface area (Å²) in [5.74, 6) is 0.414. The Morgan fingerprint density at radius 1 is 1.15 bits per heavy atom. The molecule has 0 saturated carbocycles. The van der Waals surface area contributed by atoms with Crippen LogP contribution in [0.3, 0.4) is 0 Å². The molecule has 138 valence electrons. The zero-order chi connectivity index (χ0) is 18.9. The number of benzene rings is 2. The topological polar surface area (TPSA) is 53.6 Å². The van der Waals surface area contributed by atoms with Gasteiger partial charge >= 0.3 is 0 Å². The standard InChI is InChI=1S/C20H25N3O2S/c1-4-5-13-25-18-8-6-7-15(14-18)19(24)22-20(26)21-16-9-11-17(12-10-16)23(2)3/h6-12,14H,4-5,13H2,1-3H3,(H2,21,22,24,26). The van der Waals surface area contributed by atoms with Crippen LogP contribution >= 0.6 is 12.2 Å². The highest BCUT2D eigenvalue weighted by Crippen LogP contribution is 2.16. The SMILES string of the molecule is CCCCOc1cccc(C(=O)NC(=S)Nc2ccc(N(C)C)cc2)c1. The third-order valence-corrected chi connectivity index (χ3v) is 3.94. The van der Waals surface area contributed by atoms with E-state index in [1.165, 1.54) is 0 Å². The molecule has 0 saturated heterocycles. The lowest BCUT2D eigenvalue weighted by Crippen LogP contribution is -2.34. The van der Waals surface area contributed by atoms with Crippen LogP contribution in [-0.4, -0.2) is 31.7 Å². The molecule has 0 aliphatic carbocycles. The molecule has 0 bridgehead atoms. The van der Waals surface area contributed by atoms with Crippen molar-refractivity contribution in [3.63, 3.8) is 0 Å². The van der Waals surface area contributed by atoms with Crippen LogP contribution in [0, 0.1) is 0 Å². The fourth-order valence-electron chi connectivity index (χ4n) is 2.24. The maximum absolute atomic E-state index is 12.4. The normalized spacial score (nSPS) is 10.1. The average Bonchev–Trinajstić information content (AvgIpc) is 2.62. The number of anilines is 2. The minimum absolute atomic E-state index is 0.255. The molecule has 2 N–H and O–H groups in total. The van der Waals surface area contributed by atoms with Gasteiger partial charge in [0.05, 0.1) is 6.61 Å².